The van der Waals surface area contributed by atoms with Crippen molar-refractivity contribution in [2.24, 2.45) is 0 Å². The van der Waals surface area contributed by atoms with E-state index in [9.17, 15) is 0 Å². The Morgan fingerprint density at radius 3 is 2.50 bits per heavy atom. The Bertz CT molecular complexity index is 203. The molecule has 1 aromatic rings. The Hall–Kier alpha value is 0.613. The summed E-state index contributed by atoms with van der Waals surface area (Å²) in [6.45, 7) is 0. The molecule has 0 nitrogen and oxygen atoms in total. The summed E-state index contributed by atoms with van der Waals surface area (Å²) in [5.74, 6) is 0. The molecule has 0 saturated carbocycles. The molecule has 0 unspecified atom stereocenters. The Morgan fingerprint density at radius 1 is 1.40 bits per heavy atom. The monoisotopic (exact) mass is 269 g/mol. The van der Waals surface area contributed by atoms with Crippen LogP contribution in [0.1, 0.15) is 5.56 Å². The number of rotatable bonds is 1. The van der Waals surface area contributed by atoms with Crippen molar-refractivity contribution in [3.8, 4) is 0 Å². The van der Waals surface area contributed by atoms with E-state index < -0.39 is 0 Å². The zero-order valence-corrected chi connectivity index (χ0v) is 10.9. The van der Waals surface area contributed by atoms with Crippen LogP contribution in [0.15, 0.2) is 24.3 Å². The third kappa shape index (κ3) is 3.14. The first-order valence-electron chi connectivity index (χ1n) is 2.86. The van der Waals surface area contributed by atoms with Crippen molar-refractivity contribution in [2.75, 3.05) is 0 Å². The van der Waals surface area contributed by atoms with Crippen molar-refractivity contribution in [2.45, 2.75) is 5.02 Å². The third-order valence-electron chi connectivity index (χ3n) is 1.18. The first kappa shape index (κ1) is 10.6. The van der Waals surface area contributed by atoms with Gasteiger partial charge >= 0.3 is 69.8 Å². The van der Waals surface area contributed by atoms with Crippen molar-refractivity contribution in [3.63, 3.8) is 0 Å². The molecule has 0 aliphatic carbocycles. The van der Waals surface area contributed by atoms with E-state index in [4.69, 9.17) is 11.6 Å². The van der Waals surface area contributed by atoms with Gasteiger partial charge in [0.05, 0.1) is 0 Å². The van der Waals surface area contributed by atoms with Gasteiger partial charge in [-0.05, 0) is 0 Å². The van der Waals surface area contributed by atoms with Crippen LogP contribution in [0, 0.1) is 0 Å². The van der Waals surface area contributed by atoms with E-state index in [0.717, 1.165) is 5.02 Å². The third-order valence-corrected chi connectivity index (χ3v) is 2.62. The molecular weight excluding hydrogens is 265 g/mol. The molecule has 0 atom stereocenters. The number of hydrogen-bond acceptors (Lipinski definition) is 0. The van der Waals surface area contributed by atoms with E-state index in [0.29, 0.717) is 0 Å². The Morgan fingerprint density at radius 2 is 2.10 bits per heavy atom. The minimum atomic E-state index is 0. The van der Waals surface area contributed by atoms with Crippen LogP contribution < -0.4 is 0 Å². The molecule has 0 fully saturated rings. The van der Waals surface area contributed by atoms with Gasteiger partial charge in [-0.2, -0.15) is 0 Å². The second-order valence-corrected chi connectivity index (χ2v) is 3.37. The van der Waals surface area contributed by atoms with Crippen LogP contribution in [-0.2, 0) is 23.3 Å². The SMILES string of the molecule is Br.Clc1cccc([CH2][Zn])c1. The van der Waals surface area contributed by atoms with Crippen LogP contribution in [0.3, 0.4) is 0 Å². The summed E-state index contributed by atoms with van der Waals surface area (Å²) in [6, 6.07) is 8.02. The van der Waals surface area contributed by atoms with Gasteiger partial charge in [0.25, 0.3) is 0 Å². The zero-order valence-electron chi connectivity index (χ0n) is 5.51. The van der Waals surface area contributed by atoms with Gasteiger partial charge in [0.15, 0.2) is 0 Å². The van der Waals surface area contributed by atoms with Gasteiger partial charge in [0.2, 0.25) is 0 Å². The molecule has 10 heavy (non-hydrogen) atoms. The van der Waals surface area contributed by atoms with Crippen LogP contribution in [0.2, 0.25) is 5.02 Å². The fourth-order valence-electron chi connectivity index (χ4n) is 0.692. The molecule has 51 valence electrons. The van der Waals surface area contributed by atoms with E-state index in [2.05, 4.69) is 6.07 Å². The molecule has 0 radical (unpaired) electrons. The molecule has 0 aliphatic rings. The molecule has 0 heterocycles. The number of halogens is 2. The summed E-state index contributed by atoms with van der Waals surface area (Å²) in [5.41, 5.74) is 1.35. The van der Waals surface area contributed by atoms with Crippen molar-refractivity contribution in [1.82, 2.24) is 0 Å². The second-order valence-electron chi connectivity index (χ2n) is 1.88. The maximum atomic E-state index is 5.74. The standard InChI is InChI=1S/C7H6Cl.BrH.Zn/c1-6-3-2-4-7(8)5-6;;/h2-5H,1H2;1H;. The van der Waals surface area contributed by atoms with Crippen LogP contribution in [-0.4, -0.2) is 0 Å². The summed E-state index contributed by atoms with van der Waals surface area (Å²) >= 11 is 7.04. The van der Waals surface area contributed by atoms with Gasteiger partial charge < -0.3 is 0 Å². The van der Waals surface area contributed by atoms with Crippen molar-refractivity contribution < 1.29 is 18.3 Å². The molecule has 0 aliphatic heterocycles. The molecule has 0 aromatic heterocycles. The number of hydrogen-bond donors (Lipinski definition) is 0. The predicted molar refractivity (Wildman–Crippen MR) is 45.5 cm³/mol. The summed E-state index contributed by atoms with van der Waals surface area (Å²) in [5, 5.41) is 2.03. The molecule has 3 heteroatoms. The second kappa shape index (κ2) is 5.29. The average molecular weight is 272 g/mol. The Labute approximate surface area is 86.4 Å². The summed E-state index contributed by atoms with van der Waals surface area (Å²) in [7, 11) is 0. The van der Waals surface area contributed by atoms with Crippen molar-refractivity contribution >= 4 is 28.6 Å². The summed E-state index contributed by atoms with van der Waals surface area (Å²) < 4.78 is 0. The normalized spacial score (nSPS) is 8.70. The van der Waals surface area contributed by atoms with Gasteiger partial charge in [-0.3, -0.25) is 0 Å². The van der Waals surface area contributed by atoms with E-state index in [1.807, 2.05) is 18.2 Å². The molecular formula is C7H7BrClZn. The maximum absolute atomic E-state index is 5.74. The minimum absolute atomic E-state index is 0. The molecule has 0 saturated heterocycles. The fraction of sp³-hybridized carbons (Fsp3) is 0.143. The van der Waals surface area contributed by atoms with Gasteiger partial charge in [-0.1, -0.05) is 0 Å². The quantitative estimate of drug-likeness (QED) is 0.689. The van der Waals surface area contributed by atoms with E-state index >= 15 is 0 Å². The Kier molecular flexibility index (Phi) is 5.61. The first-order valence-corrected chi connectivity index (χ1v) is 5.34. The van der Waals surface area contributed by atoms with Crippen molar-refractivity contribution in [3.05, 3.63) is 34.9 Å². The van der Waals surface area contributed by atoms with Crippen LogP contribution in [0.5, 0.6) is 0 Å². The van der Waals surface area contributed by atoms with Crippen LogP contribution in [0.4, 0.5) is 0 Å². The zero-order chi connectivity index (χ0) is 6.69. The molecule has 0 amide bonds. The van der Waals surface area contributed by atoms with Gasteiger partial charge in [-0.15, -0.1) is 17.0 Å². The molecule has 1 aromatic carbocycles. The summed E-state index contributed by atoms with van der Waals surface area (Å²) in [6.07, 6.45) is 0. The molecule has 1 rings (SSSR count). The van der Waals surface area contributed by atoms with E-state index in [-0.39, 0.29) is 17.0 Å². The topological polar surface area (TPSA) is 0 Å². The van der Waals surface area contributed by atoms with Crippen molar-refractivity contribution in [1.29, 1.82) is 0 Å². The Balaban J connectivity index is 0.000000810. The molecule has 0 spiro atoms. The fourth-order valence-corrected chi connectivity index (χ4v) is 1.56. The van der Waals surface area contributed by atoms with E-state index in [1.165, 1.54) is 28.9 Å². The van der Waals surface area contributed by atoms with Crippen LogP contribution in [0.25, 0.3) is 0 Å². The van der Waals surface area contributed by atoms with Gasteiger partial charge in [0.1, 0.15) is 0 Å². The molecule has 0 bridgehead atoms. The predicted octanol–water partition coefficient (Wildman–Crippen LogP) is 2.96. The van der Waals surface area contributed by atoms with Gasteiger partial charge in [-0.25, -0.2) is 0 Å². The van der Waals surface area contributed by atoms with E-state index in [1.54, 1.807) is 0 Å². The number of benzene rings is 1. The average Bonchev–Trinajstić information content (AvgIpc) is 1.88. The first-order chi connectivity index (χ1) is 4.33. The summed E-state index contributed by atoms with van der Waals surface area (Å²) in [4.78, 5) is 0. The van der Waals surface area contributed by atoms with Crippen LogP contribution >= 0.6 is 28.6 Å². The molecule has 0 N–H and O–H groups in total. The van der Waals surface area contributed by atoms with Gasteiger partial charge in [0, 0.05) is 0 Å².